The molecule has 2 heterocycles. The first-order valence-electron chi connectivity index (χ1n) is 12.5. The van der Waals surface area contributed by atoms with Crippen LogP contribution in [0.1, 0.15) is 55.7 Å². The Bertz CT molecular complexity index is 1480. The van der Waals surface area contributed by atoms with Crippen LogP contribution in [0.4, 0.5) is 5.69 Å². The zero-order chi connectivity index (χ0) is 28.3. The Morgan fingerprint density at radius 3 is 2.33 bits per heavy atom. The second kappa shape index (κ2) is 11.7. The molecule has 0 aliphatic carbocycles. The number of esters is 1. The zero-order valence-electron chi connectivity index (χ0n) is 22.9. The van der Waals surface area contributed by atoms with Gasteiger partial charge in [0, 0.05) is 5.69 Å². The van der Waals surface area contributed by atoms with E-state index in [-0.39, 0.29) is 29.7 Å². The summed E-state index contributed by atoms with van der Waals surface area (Å²) in [5.41, 5.74) is 5.62. The highest BCUT2D eigenvalue weighted by atomic mass is 32.2. The fourth-order valence-corrected chi connectivity index (χ4v) is 5.38. The fraction of sp³-hybridized carbons (Fsp3) is 0.267. The van der Waals surface area contributed by atoms with E-state index in [1.807, 2.05) is 56.3 Å². The highest BCUT2D eigenvalue weighted by molar-refractivity contribution is 8.14. The van der Waals surface area contributed by atoms with E-state index in [0.29, 0.717) is 39.1 Å². The van der Waals surface area contributed by atoms with Crippen LogP contribution in [-0.4, -0.2) is 47.3 Å². The molecule has 8 nitrogen and oxygen atoms in total. The summed E-state index contributed by atoms with van der Waals surface area (Å²) < 4.78 is 10.4. The number of ether oxygens (including phenoxy) is 2. The number of H-pyrrole nitrogens is 1. The third-order valence-corrected chi connectivity index (χ3v) is 7.18. The number of carbonyl (C=O) groups is 3. The summed E-state index contributed by atoms with van der Waals surface area (Å²) in [7, 11) is 1.60. The van der Waals surface area contributed by atoms with Crippen molar-refractivity contribution in [2.24, 2.45) is 4.99 Å². The number of hydrogen-bond donors (Lipinski definition) is 1. The standard InChI is InChI=1S/C30H31N3O5S/c1-7-38-29(36)26-19(4)27(31-20(26)5)25(34)16-39-30-32-24(15-21-8-10-23(37-6)11-9-21)28(35)33(30)22-13-17(2)12-18(3)14-22/h8-15,31H,7,16H2,1-6H3/b24-15-. The number of carbonyl (C=O) groups excluding carboxylic acids is 3. The lowest BCUT2D eigenvalue weighted by Crippen LogP contribution is -2.31. The van der Waals surface area contributed by atoms with Crippen LogP contribution in [0.25, 0.3) is 6.08 Å². The average Bonchev–Trinajstić information content (AvgIpc) is 3.37. The maximum Gasteiger partial charge on any atom is 0.340 e. The molecule has 2 aromatic carbocycles. The van der Waals surface area contributed by atoms with Crippen molar-refractivity contribution < 1.29 is 23.9 Å². The predicted octanol–water partition coefficient (Wildman–Crippen LogP) is 5.79. The number of ketones is 1. The molecule has 1 amide bonds. The maximum absolute atomic E-state index is 13.6. The third kappa shape index (κ3) is 5.98. The first kappa shape index (κ1) is 27.9. The van der Waals surface area contributed by atoms with Gasteiger partial charge in [-0.15, -0.1) is 0 Å². The number of rotatable bonds is 8. The molecule has 0 atom stereocenters. The van der Waals surface area contributed by atoms with Gasteiger partial charge in [-0.2, -0.15) is 0 Å². The molecule has 1 N–H and O–H groups in total. The lowest BCUT2D eigenvalue weighted by Gasteiger charge is -2.19. The number of nitrogens with one attached hydrogen (secondary N) is 1. The minimum Gasteiger partial charge on any atom is -0.497 e. The van der Waals surface area contributed by atoms with Crippen LogP contribution in [0.3, 0.4) is 0 Å². The molecule has 1 aliphatic heterocycles. The first-order chi connectivity index (χ1) is 18.6. The molecule has 0 fully saturated rings. The molecule has 0 unspecified atom stereocenters. The van der Waals surface area contributed by atoms with Gasteiger partial charge in [0.05, 0.1) is 36.4 Å². The van der Waals surface area contributed by atoms with Crippen molar-refractivity contribution >= 4 is 46.4 Å². The van der Waals surface area contributed by atoms with Crippen LogP contribution in [-0.2, 0) is 9.53 Å². The minimum atomic E-state index is -0.462. The van der Waals surface area contributed by atoms with Crippen LogP contribution in [0.2, 0.25) is 0 Å². The van der Waals surface area contributed by atoms with Gasteiger partial charge in [0.2, 0.25) is 0 Å². The van der Waals surface area contributed by atoms with Crippen molar-refractivity contribution in [3.05, 3.63) is 87.4 Å². The molecule has 0 bridgehead atoms. The molecule has 202 valence electrons. The van der Waals surface area contributed by atoms with Gasteiger partial charge in [-0.05, 0) is 87.2 Å². The van der Waals surface area contributed by atoms with E-state index < -0.39 is 5.97 Å². The summed E-state index contributed by atoms with van der Waals surface area (Å²) in [6, 6.07) is 13.2. The third-order valence-electron chi connectivity index (χ3n) is 6.24. The number of nitrogens with zero attached hydrogens (tertiary/aromatic N) is 2. The molecule has 4 rings (SSSR count). The monoisotopic (exact) mass is 545 g/mol. The summed E-state index contributed by atoms with van der Waals surface area (Å²) in [5, 5.41) is 0.407. The van der Waals surface area contributed by atoms with Gasteiger partial charge < -0.3 is 14.5 Å². The number of anilines is 1. The Balaban J connectivity index is 1.64. The predicted molar refractivity (Wildman–Crippen MR) is 155 cm³/mol. The number of hydrogen-bond acceptors (Lipinski definition) is 7. The normalized spacial score (nSPS) is 14.1. The van der Waals surface area contributed by atoms with Crippen molar-refractivity contribution in [2.75, 3.05) is 24.4 Å². The number of aromatic amines is 1. The van der Waals surface area contributed by atoms with Crippen molar-refractivity contribution in [2.45, 2.75) is 34.6 Å². The highest BCUT2D eigenvalue weighted by Gasteiger charge is 2.33. The van der Waals surface area contributed by atoms with Crippen LogP contribution in [0.5, 0.6) is 5.75 Å². The summed E-state index contributed by atoms with van der Waals surface area (Å²) in [5.74, 6) is -0.213. The van der Waals surface area contributed by atoms with Gasteiger partial charge in [0.1, 0.15) is 11.4 Å². The largest absolute Gasteiger partial charge is 0.497 e. The molecule has 0 spiro atoms. The molecule has 1 aromatic heterocycles. The lowest BCUT2D eigenvalue weighted by molar-refractivity contribution is -0.113. The van der Waals surface area contributed by atoms with E-state index >= 15 is 0 Å². The van der Waals surface area contributed by atoms with E-state index in [9.17, 15) is 14.4 Å². The van der Waals surface area contributed by atoms with Crippen molar-refractivity contribution in [3.8, 4) is 5.75 Å². The Morgan fingerprint density at radius 1 is 1.05 bits per heavy atom. The van der Waals surface area contributed by atoms with Crippen molar-refractivity contribution in [1.82, 2.24) is 4.98 Å². The first-order valence-corrected chi connectivity index (χ1v) is 13.5. The number of aromatic nitrogens is 1. The molecule has 0 saturated carbocycles. The summed E-state index contributed by atoms with van der Waals surface area (Å²) in [6.45, 7) is 9.38. The Labute approximate surface area is 232 Å². The number of aryl methyl sites for hydroxylation is 3. The maximum atomic E-state index is 13.6. The van der Waals surface area contributed by atoms with E-state index in [1.54, 1.807) is 38.9 Å². The number of aliphatic imine (C=N–C) groups is 1. The van der Waals surface area contributed by atoms with Crippen LogP contribution in [0.15, 0.2) is 53.2 Å². The smallest absolute Gasteiger partial charge is 0.340 e. The van der Waals surface area contributed by atoms with E-state index in [1.165, 1.54) is 11.8 Å². The Hall–Kier alpha value is -4.11. The molecule has 39 heavy (non-hydrogen) atoms. The number of Topliss-reactive ketones (excluding diaryl/α,β-unsaturated/α-hetero) is 1. The quantitative estimate of drug-likeness (QED) is 0.218. The van der Waals surface area contributed by atoms with E-state index in [2.05, 4.69) is 9.98 Å². The highest BCUT2D eigenvalue weighted by Crippen LogP contribution is 2.31. The Kier molecular flexibility index (Phi) is 8.40. The van der Waals surface area contributed by atoms with Gasteiger partial charge in [-0.3, -0.25) is 14.5 Å². The second-order valence-electron chi connectivity index (χ2n) is 9.24. The van der Waals surface area contributed by atoms with Gasteiger partial charge in [-0.1, -0.05) is 30.0 Å². The summed E-state index contributed by atoms with van der Waals surface area (Å²) in [6.07, 6.45) is 1.72. The average molecular weight is 546 g/mol. The molecule has 1 aliphatic rings. The summed E-state index contributed by atoms with van der Waals surface area (Å²) in [4.78, 5) is 48.4. The minimum absolute atomic E-state index is 0.0201. The Morgan fingerprint density at radius 2 is 1.72 bits per heavy atom. The van der Waals surface area contributed by atoms with Gasteiger partial charge in [-0.25, -0.2) is 9.79 Å². The van der Waals surface area contributed by atoms with Gasteiger partial charge >= 0.3 is 5.97 Å². The topological polar surface area (TPSA) is 101 Å². The second-order valence-corrected chi connectivity index (χ2v) is 10.2. The molecule has 0 saturated heterocycles. The molecule has 0 radical (unpaired) electrons. The fourth-order valence-electron chi connectivity index (χ4n) is 4.50. The van der Waals surface area contributed by atoms with Crippen LogP contribution < -0.4 is 9.64 Å². The lowest BCUT2D eigenvalue weighted by atomic mass is 10.1. The van der Waals surface area contributed by atoms with E-state index in [0.717, 1.165) is 16.7 Å². The van der Waals surface area contributed by atoms with Crippen LogP contribution >= 0.6 is 11.8 Å². The van der Waals surface area contributed by atoms with Crippen LogP contribution in [0, 0.1) is 27.7 Å². The number of amides is 1. The number of amidine groups is 1. The zero-order valence-corrected chi connectivity index (χ0v) is 23.7. The van der Waals surface area contributed by atoms with Gasteiger partial charge in [0.25, 0.3) is 5.91 Å². The number of benzene rings is 2. The molecule has 9 heteroatoms. The molecular formula is C30H31N3O5S. The number of thioether (sulfide) groups is 1. The molecule has 3 aromatic rings. The summed E-state index contributed by atoms with van der Waals surface area (Å²) >= 11 is 1.18. The SMILES string of the molecule is CCOC(=O)c1c(C)[nH]c(C(=O)CSC2=N/C(=C\c3ccc(OC)cc3)C(=O)N2c2cc(C)cc(C)c2)c1C. The van der Waals surface area contributed by atoms with Crippen molar-refractivity contribution in [1.29, 1.82) is 0 Å². The van der Waals surface area contributed by atoms with Gasteiger partial charge in [0.15, 0.2) is 11.0 Å². The number of methoxy groups -OCH3 is 1. The van der Waals surface area contributed by atoms with E-state index in [4.69, 9.17) is 9.47 Å². The molecular weight excluding hydrogens is 514 g/mol. The van der Waals surface area contributed by atoms with Crippen molar-refractivity contribution in [3.63, 3.8) is 0 Å².